The minimum atomic E-state index is -0.0936. The number of nitrogens with zero attached hydrogens (tertiary/aromatic N) is 4. The lowest BCUT2D eigenvalue weighted by Crippen LogP contribution is -2.41. The molecule has 0 radical (unpaired) electrons. The Kier molecular flexibility index (Phi) is 8.40. The molecule has 1 aliphatic heterocycles. The van der Waals surface area contributed by atoms with Crippen LogP contribution in [0.3, 0.4) is 0 Å². The van der Waals surface area contributed by atoms with Crippen molar-refractivity contribution >= 4 is 46.4 Å². The standard InChI is InChI=1S/C27H30ClN5O2.ClH/c1-35-25-5-3-17(13-24(25)28)6-9-30-26-23-12-18(16-29)2-4-22(23)27(32-31-26)33-10-7-19(8-11-33)20-14-21(34)15-20;/h2-5,12-13,19-21,34H,6-11,14-15H2,1H3,(H,30,31);1H. The van der Waals surface area contributed by atoms with E-state index in [1.807, 2.05) is 36.4 Å². The fraction of sp³-hybridized carbons (Fsp3) is 0.444. The number of aromatic nitrogens is 2. The fourth-order valence-electron chi connectivity index (χ4n) is 5.36. The SMILES string of the molecule is COc1ccc(CCNc2nnc(N3CCC(C4CC(O)C4)CC3)c3ccc(C#N)cc23)cc1Cl.Cl. The Hall–Kier alpha value is -2.79. The van der Waals surface area contributed by atoms with E-state index in [0.717, 1.165) is 67.3 Å². The van der Waals surface area contributed by atoms with E-state index in [9.17, 15) is 10.4 Å². The van der Waals surface area contributed by atoms with Crippen molar-refractivity contribution in [3.8, 4) is 11.8 Å². The molecule has 0 spiro atoms. The third-order valence-corrected chi connectivity index (χ3v) is 7.76. The van der Waals surface area contributed by atoms with Gasteiger partial charge in [-0.3, -0.25) is 0 Å². The first-order valence-electron chi connectivity index (χ1n) is 12.3. The van der Waals surface area contributed by atoms with Crippen LogP contribution in [0, 0.1) is 23.2 Å². The second kappa shape index (κ2) is 11.5. The number of hydrogen-bond donors (Lipinski definition) is 2. The van der Waals surface area contributed by atoms with Crippen LogP contribution in [-0.4, -0.2) is 48.2 Å². The smallest absolute Gasteiger partial charge is 0.159 e. The molecule has 9 heteroatoms. The number of ether oxygens (including phenoxy) is 1. The lowest BCUT2D eigenvalue weighted by atomic mass is 9.70. The summed E-state index contributed by atoms with van der Waals surface area (Å²) in [5, 5.41) is 34.2. The quantitative estimate of drug-likeness (QED) is 0.434. The van der Waals surface area contributed by atoms with Gasteiger partial charge < -0.3 is 20.1 Å². The van der Waals surface area contributed by atoms with E-state index in [1.54, 1.807) is 7.11 Å². The fourth-order valence-corrected chi connectivity index (χ4v) is 5.64. The van der Waals surface area contributed by atoms with Gasteiger partial charge in [0, 0.05) is 30.4 Å². The Morgan fingerprint density at radius 2 is 1.89 bits per heavy atom. The predicted octanol–water partition coefficient (Wildman–Crippen LogP) is 5.23. The molecule has 0 amide bonds. The Morgan fingerprint density at radius 1 is 1.11 bits per heavy atom. The molecule has 190 valence electrons. The topological polar surface area (TPSA) is 94.3 Å². The average Bonchev–Trinajstić information content (AvgIpc) is 2.87. The monoisotopic (exact) mass is 527 g/mol. The first kappa shape index (κ1) is 26.3. The molecule has 36 heavy (non-hydrogen) atoms. The summed E-state index contributed by atoms with van der Waals surface area (Å²) in [7, 11) is 1.60. The molecular weight excluding hydrogens is 497 g/mol. The number of hydrogen-bond acceptors (Lipinski definition) is 7. The number of benzene rings is 2. The molecule has 0 bridgehead atoms. The summed E-state index contributed by atoms with van der Waals surface area (Å²) in [6, 6.07) is 13.8. The molecule has 1 aromatic heterocycles. The first-order valence-corrected chi connectivity index (χ1v) is 12.6. The maximum absolute atomic E-state index is 9.66. The van der Waals surface area contributed by atoms with Crippen LogP contribution in [0.4, 0.5) is 11.6 Å². The van der Waals surface area contributed by atoms with Crippen LogP contribution < -0.4 is 15.0 Å². The minimum absolute atomic E-state index is 0. The van der Waals surface area contributed by atoms with Crippen LogP contribution in [-0.2, 0) is 6.42 Å². The number of aliphatic hydroxyl groups excluding tert-OH is 1. The molecule has 1 saturated heterocycles. The van der Waals surface area contributed by atoms with Crippen molar-refractivity contribution in [1.29, 1.82) is 5.26 Å². The highest BCUT2D eigenvalue weighted by molar-refractivity contribution is 6.32. The van der Waals surface area contributed by atoms with Crippen molar-refractivity contribution in [3.63, 3.8) is 0 Å². The van der Waals surface area contributed by atoms with Crippen molar-refractivity contribution in [2.45, 2.75) is 38.2 Å². The van der Waals surface area contributed by atoms with Gasteiger partial charge in [-0.15, -0.1) is 22.6 Å². The first-order chi connectivity index (χ1) is 17.1. The molecule has 2 heterocycles. The molecule has 7 nitrogen and oxygen atoms in total. The van der Waals surface area contributed by atoms with Crippen LogP contribution in [0.1, 0.15) is 36.8 Å². The summed E-state index contributed by atoms with van der Waals surface area (Å²) in [6.07, 6.45) is 4.79. The van der Waals surface area contributed by atoms with Crippen molar-refractivity contribution in [2.75, 3.05) is 37.0 Å². The normalized spacial score (nSPS) is 19.8. The molecule has 1 saturated carbocycles. The lowest BCUT2D eigenvalue weighted by molar-refractivity contribution is 0.00830. The van der Waals surface area contributed by atoms with E-state index in [1.165, 1.54) is 0 Å². The van der Waals surface area contributed by atoms with Gasteiger partial charge in [0.2, 0.25) is 0 Å². The number of rotatable bonds is 7. The van der Waals surface area contributed by atoms with Crippen LogP contribution in [0.2, 0.25) is 5.02 Å². The Balaban J connectivity index is 0.00000304. The second-order valence-electron chi connectivity index (χ2n) is 9.60. The van der Waals surface area contributed by atoms with Crippen LogP contribution in [0.5, 0.6) is 5.75 Å². The zero-order valence-electron chi connectivity index (χ0n) is 20.3. The zero-order chi connectivity index (χ0) is 24.4. The van der Waals surface area contributed by atoms with Gasteiger partial charge in [-0.1, -0.05) is 17.7 Å². The summed E-state index contributed by atoms with van der Waals surface area (Å²) < 4.78 is 5.23. The lowest BCUT2D eigenvalue weighted by Gasteiger charge is -2.42. The van der Waals surface area contributed by atoms with Gasteiger partial charge in [-0.25, -0.2) is 0 Å². The molecule has 0 atom stereocenters. The van der Waals surface area contributed by atoms with Gasteiger partial charge in [0.05, 0.1) is 29.9 Å². The summed E-state index contributed by atoms with van der Waals surface area (Å²) in [5.41, 5.74) is 1.69. The van der Waals surface area contributed by atoms with E-state index in [4.69, 9.17) is 16.3 Å². The van der Waals surface area contributed by atoms with Crippen molar-refractivity contribution in [3.05, 3.63) is 52.5 Å². The summed E-state index contributed by atoms with van der Waals surface area (Å²) in [6.45, 7) is 2.53. The van der Waals surface area contributed by atoms with Gasteiger partial charge in [0.25, 0.3) is 0 Å². The molecule has 1 aliphatic carbocycles. The van der Waals surface area contributed by atoms with Gasteiger partial charge >= 0.3 is 0 Å². The third kappa shape index (κ3) is 5.46. The number of fused-ring (bicyclic) bond motifs is 1. The van der Waals surface area contributed by atoms with Crippen molar-refractivity contribution in [1.82, 2.24) is 10.2 Å². The zero-order valence-corrected chi connectivity index (χ0v) is 21.9. The summed E-state index contributed by atoms with van der Waals surface area (Å²) in [4.78, 5) is 2.32. The summed E-state index contributed by atoms with van der Waals surface area (Å²) in [5.74, 6) is 3.57. The van der Waals surface area contributed by atoms with Crippen molar-refractivity contribution < 1.29 is 9.84 Å². The van der Waals surface area contributed by atoms with Gasteiger partial charge in [0.1, 0.15) is 5.75 Å². The maximum Gasteiger partial charge on any atom is 0.159 e. The summed E-state index contributed by atoms with van der Waals surface area (Å²) >= 11 is 6.26. The largest absolute Gasteiger partial charge is 0.495 e. The van der Waals surface area contributed by atoms with Crippen LogP contribution in [0.15, 0.2) is 36.4 Å². The third-order valence-electron chi connectivity index (χ3n) is 7.47. The molecule has 2 N–H and O–H groups in total. The number of nitriles is 1. The van der Waals surface area contributed by atoms with Gasteiger partial charge in [0.15, 0.2) is 11.6 Å². The number of nitrogens with one attached hydrogen (secondary N) is 1. The Labute approximate surface area is 222 Å². The number of aliphatic hydroxyl groups is 1. The van der Waals surface area contributed by atoms with E-state index >= 15 is 0 Å². The molecule has 0 unspecified atom stereocenters. The molecule has 2 fully saturated rings. The van der Waals surface area contributed by atoms with E-state index in [0.29, 0.717) is 40.5 Å². The number of piperidine rings is 1. The van der Waals surface area contributed by atoms with Crippen LogP contribution in [0.25, 0.3) is 10.8 Å². The van der Waals surface area contributed by atoms with Gasteiger partial charge in [-0.2, -0.15) is 5.26 Å². The van der Waals surface area contributed by atoms with Crippen molar-refractivity contribution in [2.24, 2.45) is 11.8 Å². The van der Waals surface area contributed by atoms with E-state index in [2.05, 4.69) is 26.5 Å². The molecule has 2 aliphatic rings. The maximum atomic E-state index is 9.66. The Bertz CT molecular complexity index is 1250. The highest BCUT2D eigenvalue weighted by Crippen LogP contribution is 2.40. The second-order valence-corrected chi connectivity index (χ2v) is 10.0. The highest BCUT2D eigenvalue weighted by atomic mass is 35.5. The molecule has 3 aromatic rings. The Morgan fingerprint density at radius 3 is 2.56 bits per heavy atom. The average molecular weight is 528 g/mol. The number of halogens is 2. The molecule has 5 rings (SSSR count). The number of methoxy groups -OCH3 is 1. The predicted molar refractivity (Wildman–Crippen MR) is 145 cm³/mol. The van der Waals surface area contributed by atoms with E-state index in [-0.39, 0.29) is 18.5 Å². The minimum Gasteiger partial charge on any atom is -0.495 e. The molecule has 2 aromatic carbocycles. The van der Waals surface area contributed by atoms with E-state index < -0.39 is 0 Å². The molecular formula is C27H31Cl2N5O2. The number of anilines is 2. The van der Waals surface area contributed by atoms with Crippen LogP contribution >= 0.6 is 24.0 Å². The highest BCUT2D eigenvalue weighted by Gasteiger charge is 2.36. The van der Waals surface area contributed by atoms with Gasteiger partial charge in [-0.05, 0) is 79.8 Å².